The summed E-state index contributed by atoms with van der Waals surface area (Å²) in [6.07, 6.45) is 2.00. The number of rotatable bonds is 5. The molecule has 0 unspecified atom stereocenters. The summed E-state index contributed by atoms with van der Waals surface area (Å²) in [6, 6.07) is 13.2. The van der Waals surface area contributed by atoms with E-state index in [-0.39, 0.29) is 11.6 Å². The van der Waals surface area contributed by atoms with E-state index in [9.17, 15) is 14.9 Å². The first-order chi connectivity index (χ1) is 10.1. The third kappa shape index (κ3) is 4.06. The summed E-state index contributed by atoms with van der Waals surface area (Å²) >= 11 is 1.68. The Morgan fingerprint density at radius 3 is 2.71 bits per heavy atom. The van der Waals surface area contributed by atoms with Crippen molar-refractivity contribution in [2.75, 3.05) is 11.6 Å². The first kappa shape index (κ1) is 15.1. The third-order valence-electron chi connectivity index (χ3n) is 2.82. The van der Waals surface area contributed by atoms with Crippen molar-refractivity contribution in [3.63, 3.8) is 0 Å². The van der Waals surface area contributed by atoms with Crippen LogP contribution in [0.4, 0.5) is 11.4 Å². The van der Waals surface area contributed by atoms with Crippen LogP contribution in [-0.2, 0) is 5.75 Å². The maximum absolute atomic E-state index is 12.2. The van der Waals surface area contributed by atoms with Gasteiger partial charge in [-0.05, 0) is 30.0 Å². The van der Waals surface area contributed by atoms with Gasteiger partial charge in [-0.15, -0.1) is 0 Å². The maximum atomic E-state index is 12.2. The van der Waals surface area contributed by atoms with Gasteiger partial charge in [0.2, 0.25) is 0 Å². The van der Waals surface area contributed by atoms with Gasteiger partial charge in [-0.25, -0.2) is 0 Å². The van der Waals surface area contributed by atoms with Crippen molar-refractivity contribution < 1.29 is 9.72 Å². The Balaban J connectivity index is 2.16. The predicted octanol–water partition coefficient (Wildman–Crippen LogP) is 3.71. The van der Waals surface area contributed by atoms with Gasteiger partial charge in [0.1, 0.15) is 0 Å². The lowest BCUT2D eigenvalue weighted by molar-refractivity contribution is -0.384. The van der Waals surface area contributed by atoms with E-state index in [1.54, 1.807) is 23.9 Å². The number of hydrogen-bond acceptors (Lipinski definition) is 4. The monoisotopic (exact) mass is 302 g/mol. The molecule has 2 rings (SSSR count). The third-order valence-corrected chi connectivity index (χ3v) is 3.44. The fourth-order valence-corrected chi connectivity index (χ4v) is 2.38. The number of carbonyl (C=O) groups excluding carboxylic acids is 1. The average Bonchev–Trinajstić information content (AvgIpc) is 2.48. The lowest BCUT2D eigenvalue weighted by atomic mass is 10.1. The standard InChI is InChI=1S/C15H14N2O3S/c1-21-10-11-4-2-5-12(8-11)15(18)16-13-6-3-7-14(9-13)17(19)20/h2-9H,10H2,1H3,(H,16,18). The van der Waals surface area contributed by atoms with E-state index in [0.29, 0.717) is 11.3 Å². The Kier molecular flexibility index (Phi) is 4.94. The first-order valence-corrected chi connectivity index (χ1v) is 7.63. The Morgan fingerprint density at radius 2 is 2.00 bits per heavy atom. The van der Waals surface area contributed by atoms with Crippen LogP contribution in [0.1, 0.15) is 15.9 Å². The molecule has 0 bridgehead atoms. The number of non-ortho nitro benzene ring substituents is 1. The van der Waals surface area contributed by atoms with Crippen molar-refractivity contribution in [3.05, 3.63) is 69.8 Å². The van der Waals surface area contributed by atoms with Crippen LogP contribution in [-0.4, -0.2) is 17.1 Å². The number of nitro groups is 1. The molecule has 108 valence electrons. The number of nitrogens with zero attached hydrogens (tertiary/aromatic N) is 1. The molecule has 5 nitrogen and oxygen atoms in total. The topological polar surface area (TPSA) is 72.2 Å². The minimum absolute atomic E-state index is 0.0519. The molecule has 0 aliphatic carbocycles. The number of hydrogen-bond donors (Lipinski definition) is 1. The summed E-state index contributed by atoms with van der Waals surface area (Å²) in [5.74, 6) is 0.552. The average molecular weight is 302 g/mol. The predicted molar refractivity (Wildman–Crippen MR) is 84.7 cm³/mol. The van der Waals surface area contributed by atoms with E-state index >= 15 is 0 Å². The van der Waals surface area contributed by atoms with Crippen LogP contribution < -0.4 is 5.32 Å². The van der Waals surface area contributed by atoms with Gasteiger partial charge in [-0.3, -0.25) is 14.9 Å². The highest BCUT2D eigenvalue weighted by atomic mass is 32.2. The molecule has 0 fully saturated rings. The summed E-state index contributed by atoms with van der Waals surface area (Å²) in [5.41, 5.74) is 1.95. The molecule has 6 heteroatoms. The minimum Gasteiger partial charge on any atom is -0.322 e. The largest absolute Gasteiger partial charge is 0.322 e. The molecule has 0 heterocycles. The molecule has 0 radical (unpaired) electrons. The second kappa shape index (κ2) is 6.90. The molecule has 1 amide bonds. The van der Waals surface area contributed by atoms with Crippen LogP contribution >= 0.6 is 11.8 Å². The Bertz CT molecular complexity index is 673. The molecule has 0 saturated carbocycles. The van der Waals surface area contributed by atoms with Crippen LogP contribution in [0.2, 0.25) is 0 Å². The Hall–Kier alpha value is -2.34. The Labute approximate surface area is 126 Å². The highest BCUT2D eigenvalue weighted by molar-refractivity contribution is 7.97. The molecule has 0 aliphatic rings. The molecular weight excluding hydrogens is 288 g/mol. The number of anilines is 1. The number of carbonyl (C=O) groups is 1. The molecule has 0 atom stereocenters. The molecule has 2 aromatic carbocycles. The molecular formula is C15H14N2O3S. The highest BCUT2D eigenvalue weighted by Gasteiger charge is 2.10. The van der Waals surface area contributed by atoms with E-state index in [0.717, 1.165) is 11.3 Å². The summed E-state index contributed by atoms with van der Waals surface area (Å²) in [7, 11) is 0. The molecule has 21 heavy (non-hydrogen) atoms. The molecule has 0 aliphatic heterocycles. The van der Waals surface area contributed by atoms with Crippen LogP contribution in [0.25, 0.3) is 0 Å². The summed E-state index contributed by atoms with van der Waals surface area (Å²) in [4.78, 5) is 22.4. The Morgan fingerprint density at radius 1 is 1.24 bits per heavy atom. The molecule has 0 aromatic heterocycles. The van der Waals surface area contributed by atoms with Crippen LogP contribution in [0.3, 0.4) is 0 Å². The second-order valence-electron chi connectivity index (χ2n) is 4.39. The maximum Gasteiger partial charge on any atom is 0.271 e. The van der Waals surface area contributed by atoms with E-state index in [4.69, 9.17) is 0 Å². The summed E-state index contributed by atoms with van der Waals surface area (Å²) < 4.78 is 0. The van der Waals surface area contributed by atoms with E-state index < -0.39 is 4.92 Å². The smallest absolute Gasteiger partial charge is 0.271 e. The lowest BCUT2D eigenvalue weighted by Gasteiger charge is -2.06. The molecule has 0 spiro atoms. The lowest BCUT2D eigenvalue weighted by Crippen LogP contribution is -2.12. The number of thioether (sulfide) groups is 1. The number of amides is 1. The minimum atomic E-state index is -0.491. The van der Waals surface area contributed by atoms with Gasteiger partial charge in [0, 0.05) is 29.1 Å². The SMILES string of the molecule is CSCc1cccc(C(=O)Nc2cccc([N+](=O)[O-])c2)c1. The first-order valence-electron chi connectivity index (χ1n) is 6.24. The second-order valence-corrected chi connectivity index (χ2v) is 5.26. The fraction of sp³-hybridized carbons (Fsp3) is 0.133. The van der Waals surface area contributed by atoms with E-state index in [2.05, 4.69) is 5.32 Å². The van der Waals surface area contributed by atoms with Gasteiger partial charge in [-0.2, -0.15) is 11.8 Å². The van der Waals surface area contributed by atoms with Gasteiger partial charge in [0.25, 0.3) is 11.6 Å². The zero-order valence-corrected chi connectivity index (χ0v) is 12.2. The van der Waals surface area contributed by atoms with Gasteiger partial charge >= 0.3 is 0 Å². The zero-order valence-electron chi connectivity index (χ0n) is 11.4. The fourth-order valence-electron chi connectivity index (χ4n) is 1.87. The number of nitro benzene ring substituents is 1. The molecule has 1 N–H and O–H groups in total. The van der Waals surface area contributed by atoms with Crippen molar-refractivity contribution in [2.45, 2.75) is 5.75 Å². The van der Waals surface area contributed by atoms with Gasteiger partial charge in [0.15, 0.2) is 0 Å². The molecule has 0 saturated heterocycles. The van der Waals surface area contributed by atoms with Crippen molar-refractivity contribution in [1.82, 2.24) is 0 Å². The molecule has 2 aromatic rings. The van der Waals surface area contributed by atoms with Crippen LogP contribution in [0.15, 0.2) is 48.5 Å². The van der Waals surface area contributed by atoms with Crippen molar-refractivity contribution in [1.29, 1.82) is 0 Å². The summed E-state index contributed by atoms with van der Waals surface area (Å²) in [5, 5.41) is 13.4. The van der Waals surface area contributed by atoms with Crippen LogP contribution in [0, 0.1) is 10.1 Å². The highest BCUT2D eigenvalue weighted by Crippen LogP contribution is 2.18. The van der Waals surface area contributed by atoms with E-state index in [1.165, 1.54) is 18.2 Å². The van der Waals surface area contributed by atoms with Crippen molar-refractivity contribution in [2.24, 2.45) is 0 Å². The van der Waals surface area contributed by atoms with Crippen molar-refractivity contribution >= 4 is 29.0 Å². The summed E-state index contributed by atoms with van der Waals surface area (Å²) in [6.45, 7) is 0. The normalized spacial score (nSPS) is 10.1. The van der Waals surface area contributed by atoms with Gasteiger partial charge in [0.05, 0.1) is 4.92 Å². The van der Waals surface area contributed by atoms with E-state index in [1.807, 2.05) is 24.5 Å². The van der Waals surface area contributed by atoms with Gasteiger partial charge in [-0.1, -0.05) is 18.2 Å². The van der Waals surface area contributed by atoms with Gasteiger partial charge < -0.3 is 5.32 Å². The quantitative estimate of drug-likeness (QED) is 0.675. The number of benzene rings is 2. The number of nitrogens with one attached hydrogen (secondary N) is 1. The zero-order chi connectivity index (χ0) is 15.2. The van der Waals surface area contributed by atoms with Crippen molar-refractivity contribution in [3.8, 4) is 0 Å². The van der Waals surface area contributed by atoms with Crippen LogP contribution in [0.5, 0.6) is 0 Å².